The van der Waals surface area contributed by atoms with Crippen LogP contribution in [0.3, 0.4) is 0 Å². The van der Waals surface area contributed by atoms with E-state index in [9.17, 15) is 38.3 Å². The first-order valence-electron chi connectivity index (χ1n) is 14.2. The van der Waals surface area contributed by atoms with E-state index >= 15 is 0 Å². The standard InChI is InChI=1S/C28H39N3O10P2/c29-22(13-17-8-10-19(11-9-17)28(42(34,35)36)43(37,38)39)27(33)31-23-7-4-12-40-24-15-25(21(26(30)32)14-20(23)24)41-16-18-5-2-1-3-6-18/h8-11,14-15,18,22-23,28H,1-7,12-13,16,29H2,(H2,30,32)(H,31,33)(H2,34,35,36)(H2,37,38,39)/t22-,23?/m0/s1. The van der Waals surface area contributed by atoms with E-state index in [0.29, 0.717) is 54.6 Å². The minimum absolute atomic E-state index is 0.0408. The van der Waals surface area contributed by atoms with Crippen LogP contribution >= 0.6 is 15.2 Å². The van der Waals surface area contributed by atoms with E-state index in [-0.39, 0.29) is 17.5 Å². The Morgan fingerprint density at radius 2 is 1.63 bits per heavy atom. The van der Waals surface area contributed by atoms with Crippen LogP contribution in [-0.4, -0.2) is 50.6 Å². The van der Waals surface area contributed by atoms with Crippen molar-refractivity contribution in [3.05, 3.63) is 58.7 Å². The lowest BCUT2D eigenvalue weighted by atomic mass is 9.90. The number of ether oxygens (including phenoxy) is 2. The smallest absolute Gasteiger partial charge is 0.345 e. The SMILES string of the molecule is NC(=O)c1cc2c(cc1OCC1CCCCC1)OCCCC2NC(=O)[C@@H](N)Cc1ccc(C(P(=O)(O)O)P(=O)(O)O)cc1. The molecule has 1 unspecified atom stereocenters. The Hall–Kier alpha value is -2.76. The van der Waals surface area contributed by atoms with Crippen LogP contribution in [0.15, 0.2) is 36.4 Å². The first kappa shape index (κ1) is 33.1. The molecule has 2 aliphatic rings. The van der Waals surface area contributed by atoms with Crippen molar-refractivity contribution in [3.8, 4) is 11.5 Å². The molecule has 1 heterocycles. The normalized spacial score (nSPS) is 18.7. The predicted molar refractivity (Wildman–Crippen MR) is 158 cm³/mol. The van der Waals surface area contributed by atoms with Crippen molar-refractivity contribution in [1.29, 1.82) is 0 Å². The highest BCUT2D eigenvalue weighted by molar-refractivity contribution is 7.70. The fourth-order valence-electron chi connectivity index (χ4n) is 5.66. The number of nitrogens with one attached hydrogen (secondary N) is 1. The summed E-state index contributed by atoms with van der Waals surface area (Å²) in [6, 6.07) is 6.93. The maximum absolute atomic E-state index is 13.1. The van der Waals surface area contributed by atoms with Gasteiger partial charge in [0, 0.05) is 11.6 Å². The van der Waals surface area contributed by atoms with Crippen molar-refractivity contribution < 1.29 is 47.8 Å². The van der Waals surface area contributed by atoms with Gasteiger partial charge in [0.05, 0.1) is 30.9 Å². The lowest BCUT2D eigenvalue weighted by molar-refractivity contribution is -0.123. The van der Waals surface area contributed by atoms with Crippen molar-refractivity contribution in [2.75, 3.05) is 13.2 Å². The van der Waals surface area contributed by atoms with Gasteiger partial charge in [0.25, 0.3) is 5.91 Å². The second-order valence-corrected chi connectivity index (χ2v) is 15.0. The fraction of sp³-hybridized carbons (Fsp3) is 0.500. The van der Waals surface area contributed by atoms with Crippen LogP contribution in [0.5, 0.6) is 11.5 Å². The van der Waals surface area contributed by atoms with E-state index in [1.165, 1.54) is 30.7 Å². The summed E-state index contributed by atoms with van der Waals surface area (Å²) in [4.78, 5) is 63.3. The number of primary amides is 1. The lowest BCUT2D eigenvalue weighted by Gasteiger charge is -2.24. The molecule has 0 spiro atoms. The van der Waals surface area contributed by atoms with Gasteiger partial charge in [0.2, 0.25) is 5.91 Å². The second kappa shape index (κ2) is 13.9. The Morgan fingerprint density at radius 1 is 0.977 bits per heavy atom. The number of rotatable bonds is 11. The highest BCUT2D eigenvalue weighted by Crippen LogP contribution is 2.69. The summed E-state index contributed by atoms with van der Waals surface area (Å²) in [5.74, 6) is 0.112. The van der Waals surface area contributed by atoms with Crippen molar-refractivity contribution in [3.63, 3.8) is 0 Å². The summed E-state index contributed by atoms with van der Waals surface area (Å²) in [5.41, 5.74) is 13.0. The lowest BCUT2D eigenvalue weighted by Crippen LogP contribution is -2.43. The molecule has 1 aliphatic carbocycles. The minimum Gasteiger partial charge on any atom is -0.493 e. The van der Waals surface area contributed by atoms with Crippen LogP contribution < -0.4 is 26.3 Å². The molecule has 4 rings (SSSR count). The third kappa shape index (κ3) is 8.67. The topological polar surface area (TPSA) is 232 Å². The summed E-state index contributed by atoms with van der Waals surface area (Å²) >= 11 is 0. The molecule has 0 bridgehead atoms. The molecular formula is C28H39N3O10P2. The average molecular weight is 640 g/mol. The molecule has 1 fully saturated rings. The molecular weight excluding hydrogens is 600 g/mol. The van der Waals surface area contributed by atoms with Crippen molar-refractivity contribution in [2.24, 2.45) is 17.4 Å². The molecule has 0 saturated heterocycles. The summed E-state index contributed by atoms with van der Waals surface area (Å²) in [7, 11) is -10.3. The zero-order valence-electron chi connectivity index (χ0n) is 23.6. The number of benzene rings is 2. The third-order valence-corrected chi connectivity index (χ3v) is 11.5. The van der Waals surface area contributed by atoms with Gasteiger partial charge in [-0.25, -0.2) is 0 Å². The predicted octanol–water partition coefficient (Wildman–Crippen LogP) is 3.00. The Labute approximate surface area is 249 Å². The van der Waals surface area contributed by atoms with E-state index < -0.39 is 44.5 Å². The highest BCUT2D eigenvalue weighted by atomic mass is 31.2. The number of carbonyl (C=O) groups is 2. The van der Waals surface area contributed by atoms with Gasteiger partial charge >= 0.3 is 15.2 Å². The molecule has 1 aliphatic heterocycles. The zero-order valence-corrected chi connectivity index (χ0v) is 25.4. The number of carbonyl (C=O) groups excluding carboxylic acids is 2. The fourth-order valence-corrected chi connectivity index (χ4v) is 8.35. The van der Waals surface area contributed by atoms with Gasteiger partial charge in [0.15, 0.2) is 5.40 Å². The molecule has 1 saturated carbocycles. The van der Waals surface area contributed by atoms with Crippen LogP contribution in [0, 0.1) is 5.92 Å². The molecule has 2 atom stereocenters. The molecule has 0 aromatic heterocycles. The van der Waals surface area contributed by atoms with Gasteiger partial charge in [-0.2, -0.15) is 0 Å². The van der Waals surface area contributed by atoms with Crippen LogP contribution in [0.2, 0.25) is 0 Å². The summed E-state index contributed by atoms with van der Waals surface area (Å²) in [6.45, 7) is 0.883. The number of nitrogens with two attached hydrogens (primary N) is 2. The van der Waals surface area contributed by atoms with Gasteiger partial charge in [-0.15, -0.1) is 0 Å². The summed E-state index contributed by atoms with van der Waals surface area (Å²) in [6.07, 6.45) is 6.88. The van der Waals surface area contributed by atoms with Gasteiger partial charge < -0.3 is 45.8 Å². The van der Waals surface area contributed by atoms with Gasteiger partial charge in [-0.05, 0) is 55.2 Å². The number of hydrogen-bond acceptors (Lipinski definition) is 7. The first-order chi connectivity index (χ1) is 20.2. The number of fused-ring (bicyclic) bond motifs is 1. The van der Waals surface area contributed by atoms with Gasteiger partial charge in [-0.1, -0.05) is 43.5 Å². The van der Waals surface area contributed by atoms with Crippen LogP contribution in [0.1, 0.15) is 83.4 Å². The average Bonchev–Trinajstić information content (AvgIpc) is 3.12. The number of hydrogen-bond donors (Lipinski definition) is 7. The monoisotopic (exact) mass is 639 g/mol. The molecule has 9 N–H and O–H groups in total. The molecule has 236 valence electrons. The summed E-state index contributed by atoms with van der Waals surface area (Å²) < 4.78 is 35.4. The highest BCUT2D eigenvalue weighted by Gasteiger charge is 2.44. The first-order valence-corrected chi connectivity index (χ1v) is 17.6. The second-order valence-electron chi connectivity index (χ2n) is 11.2. The maximum atomic E-state index is 13.1. The summed E-state index contributed by atoms with van der Waals surface area (Å²) in [5, 5.41) is 0.646. The van der Waals surface area contributed by atoms with Crippen LogP contribution in [-0.2, 0) is 20.3 Å². The van der Waals surface area contributed by atoms with E-state index in [1.807, 2.05) is 0 Å². The van der Waals surface area contributed by atoms with Crippen molar-refractivity contribution >= 4 is 27.0 Å². The minimum atomic E-state index is -5.15. The maximum Gasteiger partial charge on any atom is 0.345 e. The molecule has 2 amide bonds. The molecule has 43 heavy (non-hydrogen) atoms. The van der Waals surface area contributed by atoms with E-state index in [2.05, 4.69) is 5.32 Å². The molecule has 0 radical (unpaired) electrons. The number of amides is 2. The molecule has 2 aromatic rings. The largest absolute Gasteiger partial charge is 0.493 e. The van der Waals surface area contributed by atoms with Crippen molar-refractivity contribution in [2.45, 2.75) is 68.9 Å². The molecule has 2 aromatic carbocycles. The Kier molecular flexibility index (Phi) is 10.7. The van der Waals surface area contributed by atoms with E-state index in [0.717, 1.165) is 25.7 Å². The van der Waals surface area contributed by atoms with Gasteiger partial charge in [-0.3, -0.25) is 18.7 Å². The van der Waals surface area contributed by atoms with Crippen LogP contribution in [0.25, 0.3) is 0 Å². The molecule has 15 heteroatoms. The molecule has 13 nitrogen and oxygen atoms in total. The van der Waals surface area contributed by atoms with Crippen molar-refractivity contribution in [1.82, 2.24) is 5.32 Å². The zero-order chi connectivity index (χ0) is 31.4. The van der Waals surface area contributed by atoms with E-state index in [1.54, 1.807) is 12.1 Å². The van der Waals surface area contributed by atoms with Gasteiger partial charge in [0.1, 0.15) is 11.5 Å². The Morgan fingerprint density at radius 3 is 2.23 bits per heavy atom. The quantitative estimate of drug-likeness (QED) is 0.177. The third-order valence-electron chi connectivity index (χ3n) is 7.87. The Balaban J connectivity index is 1.47. The Bertz CT molecular complexity index is 1380. The van der Waals surface area contributed by atoms with Crippen LogP contribution in [0.4, 0.5) is 0 Å². The van der Waals surface area contributed by atoms with E-state index in [4.69, 9.17) is 20.9 Å².